The maximum absolute atomic E-state index is 11.9. The number of aromatic nitrogens is 1. The molecule has 1 fully saturated rings. The molecule has 96 valence electrons. The molecule has 2 N–H and O–H groups in total. The van der Waals surface area contributed by atoms with Gasteiger partial charge >= 0.3 is 5.97 Å². The first kappa shape index (κ1) is 13.0. The van der Waals surface area contributed by atoms with Crippen molar-refractivity contribution in [2.45, 2.75) is 12.0 Å². The number of nitrogens with one attached hydrogen (secondary N) is 1. The number of halogens is 1. The summed E-state index contributed by atoms with van der Waals surface area (Å²) in [6.45, 7) is 0.297. The van der Waals surface area contributed by atoms with E-state index in [0.29, 0.717) is 6.61 Å². The van der Waals surface area contributed by atoms with E-state index in [9.17, 15) is 14.7 Å². The van der Waals surface area contributed by atoms with E-state index in [0.717, 1.165) is 4.47 Å². The number of carbonyl (C=O) groups is 2. The van der Waals surface area contributed by atoms with Crippen LogP contribution in [0.2, 0.25) is 0 Å². The Bertz CT molecular complexity index is 468. The minimum atomic E-state index is -1.34. The van der Waals surface area contributed by atoms with Crippen LogP contribution in [0.4, 0.5) is 0 Å². The molecule has 1 aromatic heterocycles. The van der Waals surface area contributed by atoms with Crippen molar-refractivity contribution in [1.29, 1.82) is 0 Å². The van der Waals surface area contributed by atoms with Crippen molar-refractivity contribution in [3.63, 3.8) is 0 Å². The summed E-state index contributed by atoms with van der Waals surface area (Å²) in [6.07, 6.45) is 1.73. The topological polar surface area (TPSA) is 88.5 Å². The molecule has 1 aliphatic rings. The number of carbonyl (C=O) groups excluding carboxylic acids is 1. The number of nitrogens with zero attached hydrogens (tertiary/aromatic N) is 1. The van der Waals surface area contributed by atoms with Crippen LogP contribution in [0.25, 0.3) is 0 Å². The quantitative estimate of drug-likeness (QED) is 0.862. The van der Waals surface area contributed by atoms with Crippen molar-refractivity contribution in [1.82, 2.24) is 10.3 Å². The van der Waals surface area contributed by atoms with Gasteiger partial charge in [-0.3, -0.25) is 4.79 Å². The zero-order valence-corrected chi connectivity index (χ0v) is 10.9. The van der Waals surface area contributed by atoms with Crippen LogP contribution in [-0.4, -0.2) is 40.7 Å². The van der Waals surface area contributed by atoms with E-state index in [1.165, 1.54) is 12.3 Å². The Morgan fingerprint density at radius 1 is 1.50 bits per heavy atom. The van der Waals surface area contributed by atoms with Crippen LogP contribution in [0.1, 0.15) is 16.9 Å². The van der Waals surface area contributed by atoms with Gasteiger partial charge in [-0.25, -0.2) is 9.78 Å². The van der Waals surface area contributed by atoms with Gasteiger partial charge in [0.1, 0.15) is 5.69 Å². The molecule has 1 unspecified atom stereocenters. The molecule has 0 spiro atoms. The summed E-state index contributed by atoms with van der Waals surface area (Å²) in [7, 11) is 0. The Hall–Kier alpha value is -1.47. The normalized spacial score (nSPS) is 22.7. The van der Waals surface area contributed by atoms with Gasteiger partial charge in [0.05, 0.1) is 6.61 Å². The molecule has 1 amide bonds. The number of amides is 1. The SMILES string of the molecule is O=C(NC1(C(=O)O)CCOC1)c1ccc(Br)cn1. The number of carboxylic acids is 1. The van der Waals surface area contributed by atoms with Crippen LogP contribution < -0.4 is 5.32 Å². The number of carboxylic acid groups (broad SMARTS) is 1. The van der Waals surface area contributed by atoms with Crippen LogP contribution in [-0.2, 0) is 9.53 Å². The Balaban J connectivity index is 2.15. The van der Waals surface area contributed by atoms with Crippen LogP contribution in [0, 0.1) is 0 Å². The molecule has 18 heavy (non-hydrogen) atoms. The highest BCUT2D eigenvalue weighted by molar-refractivity contribution is 9.10. The molecule has 0 aliphatic carbocycles. The molecule has 0 bridgehead atoms. The fourth-order valence-electron chi connectivity index (χ4n) is 1.68. The Morgan fingerprint density at radius 2 is 2.28 bits per heavy atom. The molecule has 1 saturated heterocycles. The predicted octanol–water partition coefficient (Wildman–Crippen LogP) is 0.818. The lowest BCUT2D eigenvalue weighted by atomic mass is 9.99. The summed E-state index contributed by atoms with van der Waals surface area (Å²) < 4.78 is 5.80. The minimum absolute atomic E-state index is 0.0232. The van der Waals surface area contributed by atoms with E-state index in [1.807, 2.05) is 0 Å². The predicted molar refractivity (Wildman–Crippen MR) is 65.2 cm³/mol. The van der Waals surface area contributed by atoms with Gasteiger partial charge < -0.3 is 15.2 Å². The lowest BCUT2D eigenvalue weighted by molar-refractivity contribution is -0.144. The molecular weight excluding hydrogens is 304 g/mol. The van der Waals surface area contributed by atoms with Gasteiger partial charge in [0.2, 0.25) is 0 Å². The Labute approximate surface area is 111 Å². The van der Waals surface area contributed by atoms with E-state index < -0.39 is 17.4 Å². The first-order valence-electron chi connectivity index (χ1n) is 5.29. The average Bonchev–Trinajstić information content (AvgIpc) is 2.79. The molecule has 1 atom stereocenters. The zero-order valence-electron chi connectivity index (χ0n) is 9.35. The van der Waals surface area contributed by atoms with Crippen LogP contribution in [0.3, 0.4) is 0 Å². The monoisotopic (exact) mass is 314 g/mol. The van der Waals surface area contributed by atoms with E-state index in [2.05, 4.69) is 26.2 Å². The average molecular weight is 315 g/mol. The minimum Gasteiger partial charge on any atom is -0.479 e. The van der Waals surface area contributed by atoms with Gasteiger partial charge in [0, 0.05) is 23.7 Å². The van der Waals surface area contributed by atoms with Crippen LogP contribution in [0.5, 0.6) is 0 Å². The third-order valence-electron chi connectivity index (χ3n) is 2.74. The highest BCUT2D eigenvalue weighted by atomic mass is 79.9. The Kier molecular flexibility index (Phi) is 3.63. The standard InChI is InChI=1S/C11H11BrN2O4/c12-7-1-2-8(13-5-7)9(15)14-11(10(16)17)3-4-18-6-11/h1-2,5H,3-4,6H2,(H,14,15)(H,16,17). The highest BCUT2D eigenvalue weighted by Gasteiger charge is 2.44. The second kappa shape index (κ2) is 5.03. The van der Waals surface area contributed by atoms with Crippen molar-refractivity contribution in [3.8, 4) is 0 Å². The molecule has 0 aromatic carbocycles. The van der Waals surface area contributed by atoms with Gasteiger partial charge in [0.25, 0.3) is 5.91 Å². The summed E-state index contributed by atoms with van der Waals surface area (Å²) in [5.74, 6) is -1.61. The number of rotatable bonds is 3. The number of hydrogen-bond acceptors (Lipinski definition) is 4. The molecule has 1 aromatic rings. The molecule has 6 nitrogen and oxygen atoms in total. The molecular formula is C11H11BrN2O4. The smallest absolute Gasteiger partial charge is 0.331 e. The van der Waals surface area contributed by atoms with E-state index in [4.69, 9.17) is 4.74 Å². The molecule has 2 heterocycles. The molecule has 0 radical (unpaired) electrons. The molecule has 0 saturated carbocycles. The molecule has 2 rings (SSSR count). The van der Waals surface area contributed by atoms with Gasteiger partial charge in [0.15, 0.2) is 5.54 Å². The van der Waals surface area contributed by atoms with E-state index >= 15 is 0 Å². The lowest BCUT2D eigenvalue weighted by Gasteiger charge is -2.23. The zero-order chi connectivity index (χ0) is 13.2. The third-order valence-corrected chi connectivity index (χ3v) is 3.21. The van der Waals surface area contributed by atoms with Crippen molar-refractivity contribution in [2.24, 2.45) is 0 Å². The summed E-state index contributed by atoms with van der Waals surface area (Å²) in [5, 5.41) is 11.7. The first-order valence-corrected chi connectivity index (χ1v) is 6.08. The third kappa shape index (κ3) is 2.51. The van der Waals surface area contributed by atoms with Gasteiger partial charge in [-0.1, -0.05) is 0 Å². The van der Waals surface area contributed by atoms with Crippen LogP contribution >= 0.6 is 15.9 Å². The first-order chi connectivity index (χ1) is 8.53. The van der Waals surface area contributed by atoms with Gasteiger partial charge in [-0.15, -0.1) is 0 Å². The molecule has 7 heteroatoms. The molecule has 1 aliphatic heterocycles. The fourth-order valence-corrected chi connectivity index (χ4v) is 1.91. The van der Waals surface area contributed by atoms with E-state index in [1.54, 1.807) is 6.07 Å². The summed E-state index contributed by atoms with van der Waals surface area (Å²) in [5.41, 5.74) is -1.17. The highest BCUT2D eigenvalue weighted by Crippen LogP contribution is 2.19. The van der Waals surface area contributed by atoms with Crippen LogP contribution in [0.15, 0.2) is 22.8 Å². The Morgan fingerprint density at radius 3 is 2.78 bits per heavy atom. The number of ether oxygens (including phenoxy) is 1. The largest absolute Gasteiger partial charge is 0.479 e. The summed E-state index contributed by atoms with van der Waals surface area (Å²) in [6, 6.07) is 3.19. The summed E-state index contributed by atoms with van der Waals surface area (Å²) >= 11 is 3.21. The number of aliphatic carboxylic acids is 1. The second-order valence-corrected chi connectivity index (χ2v) is 4.92. The van der Waals surface area contributed by atoms with Crippen molar-refractivity contribution >= 4 is 27.8 Å². The second-order valence-electron chi connectivity index (χ2n) is 4.01. The van der Waals surface area contributed by atoms with Crippen molar-refractivity contribution in [2.75, 3.05) is 13.2 Å². The van der Waals surface area contributed by atoms with E-state index in [-0.39, 0.29) is 18.7 Å². The number of pyridine rings is 1. The van der Waals surface area contributed by atoms with Gasteiger partial charge in [-0.2, -0.15) is 0 Å². The number of hydrogen-bond donors (Lipinski definition) is 2. The van der Waals surface area contributed by atoms with Crippen molar-refractivity contribution in [3.05, 3.63) is 28.5 Å². The lowest BCUT2D eigenvalue weighted by Crippen LogP contribution is -2.55. The maximum atomic E-state index is 11.9. The maximum Gasteiger partial charge on any atom is 0.331 e. The van der Waals surface area contributed by atoms with Gasteiger partial charge in [-0.05, 0) is 28.1 Å². The summed E-state index contributed by atoms with van der Waals surface area (Å²) in [4.78, 5) is 27.1. The van der Waals surface area contributed by atoms with Crippen molar-refractivity contribution < 1.29 is 19.4 Å². The fraction of sp³-hybridized carbons (Fsp3) is 0.364.